The lowest BCUT2D eigenvalue weighted by Gasteiger charge is -2.35. The Morgan fingerprint density at radius 2 is 1.70 bits per heavy atom. The number of aryl methyl sites for hydroxylation is 1. The molecule has 0 aliphatic carbocycles. The first-order valence-electron chi connectivity index (χ1n) is 10.9. The van der Waals surface area contributed by atoms with Gasteiger partial charge in [-0.2, -0.15) is 0 Å². The van der Waals surface area contributed by atoms with Crippen molar-refractivity contribution in [3.05, 3.63) is 96.5 Å². The molecule has 2 amide bonds. The van der Waals surface area contributed by atoms with E-state index in [4.69, 9.17) is 5.73 Å². The molecule has 4 rings (SSSR count). The first kappa shape index (κ1) is 22.1. The number of pyridine rings is 1. The van der Waals surface area contributed by atoms with E-state index in [0.717, 1.165) is 22.6 Å². The molecule has 0 radical (unpaired) electrons. The van der Waals surface area contributed by atoms with Gasteiger partial charge in [0.2, 0.25) is 0 Å². The Bertz CT molecular complexity index is 1250. The second-order valence-electron chi connectivity index (χ2n) is 7.91. The van der Waals surface area contributed by atoms with Gasteiger partial charge in [-0.3, -0.25) is 14.0 Å². The average Bonchev–Trinajstić information content (AvgIpc) is 3.18. The van der Waals surface area contributed by atoms with E-state index >= 15 is 0 Å². The van der Waals surface area contributed by atoms with Crippen molar-refractivity contribution in [1.82, 2.24) is 19.2 Å². The van der Waals surface area contributed by atoms with Crippen LogP contribution in [0, 0.1) is 6.92 Å². The van der Waals surface area contributed by atoms with Crippen molar-refractivity contribution in [2.45, 2.75) is 6.92 Å². The second kappa shape index (κ2) is 9.56. The van der Waals surface area contributed by atoms with E-state index in [9.17, 15) is 9.59 Å². The van der Waals surface area contributed by atoms with Crippen LogP contribution in [0.25, 0.3) is 16.9 Å². The molecule has 0 unspecified atom stereocenters. The number of hydrogen-bond donors (Lipinski definition) is 1. The van der Waals surface area contributed by atoms with Gasteiger partial charge in [-0.25, -0.2) is 4.98 Å². The third kappa shape index (κ3) is 4.57. The summed E-state index contributed by atoms with van der Waals surface area (Å²) < 4.78 is 1.98. The van der Waals surface area contributed by atoms with Crippen molar-refractivity contribution in [1.29, 1.82) is 0 Å². The van der Waals surface area contributed by atoms with Crippen LogP contribution in [0.2, 0.25) is 0 Å². The molecule has 33 heavy (non-hydrogen) atoms. The molecule has 3 aromatic rings. The first-order valence-corrected chi connectivity index (χ1v) is 10.9. The molecule has 7 heteroatoms. The molecule has 1 aliphatic heterocycles. The quantitative estimate of drug-likeness (QED) is 0.487. The number of rotatable bonds is 5. The van der Waals surface area contributed by atoms with E-state index in [1.807, 2.05) is 60.0 Å². The maximum Gasteiger partial charge on any atom is 0.255 e. The molecule has 1 aromatic carbocycles. The molecule has 0 spiro atoms. The lowest BCUT2D eigenvalue weighted by atomic mass is 10.1. The van der Waals surface area contributed by atoms with Crippen LogP contribution in [0.4, 0.5) is 0 Å². The maximum atomic E-state index is 13.2. The molecule has 168 valence electrons. The van der Waals surface area contributed by atoms with E-state index in [2.05, 4.69) is 11.6 Å². The number of imidazole rings is 1. The zero-order valence-electron chi connectivity index (χ0n) is 18.6. The molecule has 2 N–H and O–H groups in total. The van der Waals surface area contributed by atoms with Crippen molar-refractivity contribution in [2.24, 2.45) is 5.73 Å². The van der Waals surface area contributed by atoms with Gasteiger partial charge in [-0.15, -0.1) is 0 Å². The van der Waals surface area contributed by atoms with Crippen molar-refractivity contribution in [3.63, 3.8) is 0 Å². The van der Waals surface area contributed by atoms with E-state index in [1.165, 1.54) is 6.20 Å². The minimum absolute atomic E-state index is 0.0545. The van der Waals surface area contributed by atoms with E-state index in [0.29, 0.717) is 37.3 Å². The van der Waals surface area contributed by atoms with Gasteiger partial charge in [0.05, 0.1) is 17.0 Å². The monoisotopic (exact) mass is 441 g/mol. The number of aromatic nitrogens is 2. The van der Waals surface area contributed by atoms with Crippen LogP contribution in [0.3, 0.4) is 0 Å². The Hall–Kier alpha value is -4.13. The highest BCUT2D eigenvalue weighted by molar-refractivity contribution is 5.97. The summed E-state index contributed by atoms with van der Waals surface area (Å²) in [4.78, 5) is 33.9. The minimum Gasteiger partial charge on any atom is -0.405 e. The van der Waals surface area contributed by atoms with Crippen LogP contribution in [-0.4, -0.2) is 57.2 Å². The van der Waals surface area contributed by atoms with Crippen LogP contribution >= 0.6 is 0 Å². The summed E-state index contributed by atoms with van der Waals surface area (Å²) >= 11 is 0. The van der Waals surface area contributed by atoms with Gasteiger partial charge in [0, 0.05) is 43.5 Å². The Morgan fingerprint density at radius 3 is 2.39 bits per heavy atom. The Kier molecular flexibility index (Phi) is 6.40. The fraction of sp³-hybridized carbons (Fsp3) is 0.192. The molecule has 0 atom stereocenters. The van der Waals surface area contributed by atoms with Crippen LogP contribution in [-0.2, 0) is 4.79 Å². The van der Waals surface area contributed by atoms with Crippen LogP contribution in [0.5, 0.6) is 0 Å². The predicted octanol–water partition coefficient (Wildman–Crippen LogP) is 3.18. The lowest BCUT2D eigenvalue weighted by Crippen LogP contribution is -2.50. The number of amides is 2. The number of nitrogens with two attached hydrogens (primary N) is 1. The van der Waals surface area contributed by atoms with Crippen molar-refractivity contribution >= 4 is 17.5 Å². The highest BCUT2D eigenvalue weighted by Gasteiger charge is 2.26. The predicted molar refractivity (Wildman–Crippen MR) is 129 cm³/mol. The second-order valence-corrected chi connectivity index (χ2v) is 7.91. The molecular formula is C26H27N5O2. The van der Waals surface area contributed by atoms with Gasteiger partial charge < -0.3 is 15.5 Å². The molecule has 1 saturated heterocycles. The third-order valence-electron chi connectivity index (χ3n) is 5.74. The van der Waals surface area contributed by atoms with Crippen molar-refractivity contribution in [3.8, 4) is 11.3 Å². The number of carbonyl (C=O) groups excluding carboxylic acids is 2. The number of benzene rings is 1. The summed E-state index contributed by atoms with van der Waals surface area (Å²) in [7, 11) is 0. The largest absolute Gasteiger partial charge is 0.405 e. The molecule has 0 saturated carbocycles. The highest BCUT2D eigenvalue weighted by atomic mass is 16.2. The Balaban J connectivity index is 1.49. The van der Waals surface area contributed by atoms with Crippen LogP contribution < -0.4 is 5.73 Å². The summed E-state index contributed by atoms with van der Waals surface area (Å²) in [5, 5.41) is 0. The summed E-state index contributed by atoms with van der Waals surface area (Å²) in [5.74, 6) is -0.187. The smallest absolute Gasteiger partial charge is 0.255 e. The molecule has 2 aromatic heterocycles. The summed E-state index contributed by atoms with van der Waals surface area (Å²) in [5.41, 5.74) is 10.0. The minimum atomic E-state index is -0.133. The topological polar surface area (TPSA) is 83.9 Å². The number of piperazine rings is 1. The fourth-order valence-electron chi connectivity index (χ4n) is 4.04. The number of nitrogens with zero attached hydrogens (tertiary/aromatic N) is 4. The summed E-state index contributed by atoms with van der Waals surface area (Å²) in [6, 6.07) is 13.7. The maximum absolute atomic E-state index is 13.2. The average molecular weight is 442 g/mol. The number of allylic oxidation sites excluding steroid dienone is 2. The van der Waals surface area contributed by atoms with E-state index in [1.54, 1.807) is 28.0 Å². The van der Waals surface area contributed by atoms with Gasteiger partial charge in [-0.1, -0.05) is 49.1 Å². The van der Waals surface area contributed by atoms with E-state index in [-0.39, 0.29) is 11.8 Å². The standard InChI is InChI=1S/C26H27N5O2/c1-19(8-6-7-13-27)25(32)29-14-16-30(17-15-29)26(33)22-11-12-23-28-20(2)24(31(23)18-22)21-9-4-3-5-10-21/h3-13,18H,1,14-17,27H2,2H3/b8-6-,13-7-. The highest BCUT2D eigenvalue weighted by Crippen LogP contribution is 2.25. The molecule has 0 bridgehead atoms. The zero-order chi connectivity index (χ0) is 23.4. The summed E-state index contributed by atoms with van der Waals surface area (Å²) in [6.07, 6.45) is 8.20. The number of fused-ring (bicyclic) bond motifs is 1. The van der Waals surface area contributed by atoms with Crippen LogP contribution in [0.15, 0.2) is 85.2 Å². The summed E-state index contributed by atoms with van der Waals surface area (Å²) in [6.45, 7) is 7.67. The molecule has 3 heterocycles. The van der Waals surface area contributed by atoms with E-state index < -0.39 is 0 Å². The molecule has 1 fully saturated rings. The Morgan fingerprint density at radius 1 is 1.00 bits per heavy atom. The van der Waals surface area contributed by atoms with Gasteiger partial charge in [-0.05, 0) is 31.3 Å². The molecular weight excluding hydrogens is 414 g/mol. The lowest BCUT2D eigenvalue weighted by molar-refractivity contribution is -0.128. The fourth-order valence-corrected chi connectivity index (χ4v) is 4.04. The number of hydrogen-bond acceptors (Lipinski definition) is 4. The number of carbonyl (C=O) groups is 2. The van der Waals surface area contributed by atoms with Gasteiger partial charge >= 0.3 is 0 Å². The normalized spacial score (nSPS) is 14.5. The van der Waals surface area contributed by atoms with Gasteiger partial charge in [0.25, 0.3) is 11.8 Å². The van der Waals surface area contributed by atoms with Crippen molar-refractivity contribution in [2.75, 3.05) is 26.2 Å². The van der Waals surface area contributed by atoms with Gasteiger partial charge in [0.15, 0.2) is 0 Å². The van der Waals surface area contributed by atoms with Crippen molar-refractivity contribution < 1.29 is 9.59 Å². The van der Waals surface area contributed by atoms with Crippen LogP contribution in [0.1, 0.15) is 16.1 Å². The SMILES string of the molecule is C=C(/C=C\C=C/N)C(=O)N1CCN(C(=O)c2ccc3nc(C)c(-c4ccccc4)n3c2)CC1. The molecule has 1 aliphatic rings. The third-order valence-corrected chi connectivity index (χ3v) is 5.74. The van der Waals surface area contributed by atoms with Gasteiger partial charge in [0.1, 0.15) is 5.65 Å². The zero-order valence-corrected chi connectivity index (χ0v) is 18.6. The Labute approximate surface area is 193 Å². The molecule has 7 nitrogen and oxygen atoms in total. The first-order chi connectivity index (χ1) is 16.0.